The van der Waals surface area contributed by atoms with Crippen molar-refractivity contribution < 1.29 is 19.0 Å². The zero-order chi connectivity index (χ0) is 11.6. The summed E-state index contributed by atoms with van der Waals surface area (Å²) in [5.74, 6) is -5.87. The van der Waals surface area contributed by atoms with Gasteiger partial charge in [-0.2, -0.15) is 6.57 Å². The van der Waals surface area contributed by atoms with Crippen LogP contribution in [0.2, 0.25) is 0 Å². The molecule has 0 N–H and O–H groups in total. The SMILES string of the molecule is [C-]#[N+]N=C1C([O-])=C(F)C(=NC)C([O-])=C1F. The van der Waals surface area contributed by atoms with E-state index in [4.69, 9.17) is 6.57 Å². The molecule has 0 aromatic rings. The summed E-state index contributed by atoms with van der Waals surface area (Å²) < 4.78 is 26.2. The van der Waals surface area contributed by atoms with Crippen molar-refractivity contribution in [3.63, 3.8) is 0 Å². The summed E-state index contributed by atoms with van der Waals surface area (Å²) in [5, 5.41) is 24.8. The average Bonchev–Trinajstić information content (AvgIpc) is 2.23. The summed E-state index contributed by atoms with van der Waals surface area (Å²) in [7, 11) is 1.05. The molecular formula is C8H3F2N3O2-2. The predicted octanol–water partition coefficient (Wildman–Crippen LogP) is -0.571. The van der Waals surface area contributed by atoms with Gasteiger partial charge in [-0.25, -0.2) is 8.78 Å². The van der Waals surface area contributed by atoms with Crippen LogP contribution in [0.3, 0.4) is 0 Å². The van der Waals surface area contributed by atoms with E-state index in [-0.39, 0.29) is 0 Å². The molecule has 78 valence electrons. The number of rotatable bonds is 0. The zero-order valence-electron chi connectivity index (χ0n) is 7.41. The molecule has 0 aliphatic heterocycles. The van der Waals surface area contributed by atoms with Crippen LogP contribution in [0, 0.1) is 6.57 Å². The third-order valence-corrected chi connectivity index (χ3v) is 1.62. The molecule has 1 aliphatic rings. The van der Waals surface area contributed by atoms with E-state index in [9.17, 15) is 19.0 Å². The van der Waals surface area contributed by atoms with Gasteiger partial charge in [0.15, 0.2) is 5.71 Å². The molecule has 0 atom stereocenters. The van der Waals surface area contributed by atoms with Crippen LogP contribution in [0.1, 0.15) is 0 Å². The maximum atomic E-state index is 13.1. The minimum atomic E-state index is -1.56. The molecule has 1 rings (SSSR count). The van der Waals surface area contributed by atoms with Crippen LogP contribution in [0.15, 0.2) is 33.3 Å². The van der Waals surface area contributed by atoms with Gasteiger partial charge in [0.25, 0.3) is 0 Å². The quantitative estimate of drug-likeness (QED) is 0.305. The lowest BCUT2D eigenvalue weighted by atomic mass is 10.1. The van der Waals surface area contributed by atoms with Crippen LogP contribution >= 0.6 is 0 Å². The molecule has 15 heavy (non-hydrogen) atoms. The van der Waals surface area contributed by atoms with E-state index in [0.29, 0.717) is 0 Å². The van der Waals surface area contributed by atoms with Gasteiger partial charge in [0.1, 0.15) is 11.7 Å². The van der Waals surface area contributed by atoms with Gasteiger partial charge in [0, 0.05) is 7.05 Å². The van der Waals surface area contributed by atoms with Crippen molar-refractivity contribution in [1.82, 2.24) is 0 Å². The number of hydrogen-bond donors (Lipinski definition) is 0. The number of nitrogens with zero attached hydrogens (tertiary/aromatic N) is 3. The Hall–Kier alpha value is -2.23. The minimum absolute atomic E-state index is 0.888. The molecule has 0 radical (unpaired) electrons. The fraction of sp³-hybridized carbons (Fsp3) is 0.125. The van der Waals surface area contributed by atoms with Crippen molar-refractivity contribution in [1.29, 1.82) is 0 Å². The first-order valence-electron chi connectivity index (χ1n) is 3.60. The van der Waals surface area contributed by atoms with Gasteiger partial charge in [0.05, 0.1) is 10.8 Å². The molecule has 0 bridgehead atoms. The number of hydrogen-bond acceptors (Lipinski definition) is 4. The summed E-state index contributed by atoms with van der Waals surface area (Å²) in [6, 6.07) is 0. The first-order chi connectivity index (χ1) is 7.04. The standard InChI is InChI=1S/C8H5F2N3O2/c1-11-5-3(9)8(15)6(13-12-2)4(10)7(5)14/h14-15H,1H3/p-2. The topological polar surface area (TPSA) is 75.2 Å². The average molecular weight is 211 g/mol. The summed E-state index contributed by atoms with van der Waals surface area (Å²) in [4.78, 5) is 5.51. The highest BCUT2D eigenvalue weighted by Gasteiger charge is 2.24. The predicted molar refractivity (Wildman–Crippen MR) is 43.7 cm³/mol. The third kappa shape index (κ3) is 1.57. The van der Waals surface area contributed by atoms with Crippen molar-refractivity contribution >= 4 is 11.4 Å². The lowest BCUT2D eigenvalue weighted by molar-refractivity contribution is -0.300. The van der Waals surface area contributed by atoms with Gasteiger partial charge in [-0.1, -0.05) is 0 Å². The molecule has 0 heterocycles. The van der Waals surface area contributed by atoms with E-state index < -0.39 is 34.6 Å². The van der Waals surface area contributed by atoms with E-state index in [2.05, 4.69) is 15.0 Å². The van der Waals surface area contributed by atoms with Crippen LogP contribution in [0.5, 0.6) is 0 Å². The van der Waals surface area contributed by atoms with Gasteiger partial charge in [0.2, 0.25) is 0 Å². The number of allylic oxidation sites excluding steroid dienone is 2. The molecule has 0 aromatic heterocycles. The maximum absolute atomic E-state index is 13.1. The molecule has 5 nitrogen and oxygen atoms in total. The second-order valence-electron chi connectivity index (χ2n) is 2.41. The molecule has 0 saturated carbocycles. The number of halogens is 2. The zero-order valence-corrected chi connectivity index (χ0v) is 7.41. The van der Waals surface area contributed by atoms with Crippen molar-refractivity contribution in [3.8, 4) is 0 Å². The molecule has 0 aromatic carbocycles. The van der Waals surface area contributed by atoms with Gasteiger partial charge >= 0.3 is 0 Å². The highest BCUT2D eigenvalue weighted by atomic mass is 19.1. The van der Waals surface area contributed by atoms with Crippen LogP contribution in [-0.4, -0.2) is 18.5 Å². The first kappa shape index (κ1) is 10.8. The molecule has 1 aliphatic carbocycles. The summed E-state index contributed by atoms with van der Waals surface area (Å²) in [6.45, 7) is 6.28. The normalized spacial score (nSPS) is 22.5. The third-order valence-electron chi connectivity index (χ3n) is 1.62. The molecule has 0 saturated heterocycles. The highest BCUT2D eigenvalue weighted by Crippen LogP contribution is 2.22. The Morgan fingerprint density at radius 1 is 1.13 bits per heavy atom. The highest BCUT2D eigenvalue weighted by molar-refractivity contribution is 6.24. The lowest BCUT2D eigenvalue weighted by Crippen LogP contribution is -2.32. The molecular weight excluding hydrogens is 208 g/mol. The summed E-state index contributed by atoms with van der Waals surface area (Å²) in [6.07, 6.45) is 0. The van der Waals surface area contributed by atoms with E-state index in [0.717, 1.165) is 7.05 Å². The van der Waals surface area contributed by atoms with Crippen LogP contribution < -0.4 is 10.2 Å². The van der Waals surface area contributed by atoms with Crippen molar-refractivity contribution in [2.75, 3.05) is 7.05 Å². The second kappa shape index (κ2) is 3.88. The molecule has 0 unspecified atom stereocenters. The van der Waals surface area contributed by atoms with E-state index >= 15 is 0 Å². The Balaban J connectivity index is 3.48. The Morgan fingerprint density at radius 3 is 2.07 bits per heavy atom. The van der Waals surface area contributed by atoms with E-state index in [1.165, 1.54) is 0 Å². The van der Waals surface area contributed by atoms with Crippen molar-refractivity contribution in [3.05, 3.63) is 34.7 Å². The summed E-state index contributed by atoms with van der Waals surface area (Å²) in [5.41, 5.74) is -2.00. The fourth-order valence-electron chi connectivity index (χ4n) is 0.961. The van der Waals surface area contributed by atoms with Gasteiger partial charge < -0.3 is 10.2 Å². The van der Waals surface area contributed by atoms with E-state index in [1.807, 2.05) is 0 Å². The Kier molecular flexibility index (Phi) is 2.80. The Labute approximate surface area is 83.2 Å². The second-order valence-corrected chi connectivity index (χ2v) is 2.41. The monoisotopic (exact) mass is 211 g/mol. The fourth-order valence-corrected chi connectivity index (χ4v) is 0.961. The Morgan fingerprint density at radius 2 is 1.60 bits per heavy atom. The van der Waals surface area contributed by atoms with Crippen LogP contribution in [-0.2, 0) is 0 Å². The molecule has 7 heteroatoms. The summed E-state index contributed by atoms with van der Waals surface area (Å²) >= 11 is 0. The minimum Gasteiger partial charge on any atom is -0.869 e. The smallest absolute Gasteiger partial charge is 0.176 e. The van der Waals surface area contributed by atoms with Gasteiger partial charge in [-0.15, -0.1) is 4.95 Å². The first-order valence-corrected chi connectivity index (χ1v) is 3.60. The molecule has 0 fully saturated rings. The largest absolute Gasteiger partial charge is 0.869 e. The molecule has 0 amide bonds. The number of aliphatic imine (C=N–C) groups is 1. The molecule has 0 spiro atoms. The van der Waals surface area contributed by atoms with E-state index in [1.54, 1.807) is 0 Å². The van der Waals surface area contributed by atoms with Crippen LogP contribution in [0.4, 0.5) is 8.78 Å². The van der Waals surface area contributed by atoms with Crippen LogP contribution in [0.25, 0.3) is 4.95 Å². The van der Waals surface area contributed by atoms with Crippen molar-refractivity contribution in [2.45, 2.75) is 0 Å². The van der Waals surface area contributed by atoms with Gasteiger partial charge in [-0.3, -0.25) is 4.99 Å². The lowest BCUT2D eigenvalue weighted by Gasteiger charge is -2.24. The maximum Gasteiger partial charge on any atom is 0.176 e. The van der Waals surface area contributed by atoms with Crippen molar-refractivity contribution in [2.24, 2.45) is 10.1 Å². The van der Waals surface area contributed by atoms with Gasteiger partial charge in [-0.05, 0) is 11.5 Å². The Bertz CT molecular complexity index is 439.